The van der Waals surface area contributed by atoms with Gasteiger partial charge in [-0.15, -0.1) is 0 Å². The van der Waals surface area contributed by atoms with Crippen LogP contribution in [0.4, 0.5) is 0 Å². The first-order valence-corrected chi connectivity index (χ1v) is 6.11. The molecule has 0 spiro atoms. The van der Waals surface area contributed by atoms with Crippen LogP contribution in [0, 0.1) is 0 Å². The summed E-state index contributed by atoms with van der Waals surface area (Å²) < 4.78 is 0. The zero-order valence-corrected chi connectivity index (χ0v) is 10.7. The molecule has 0 aliphatic heterocycles. The van der Waals surface area contributed by atoms with Gasteiger partial charge in [-0.25, -0.2) is 0 Å². The van der Waals surface area contributed by atoms with Crippen LogP contribution in [0.2, 0.25) is 0 Å². The smallest absolute Gasteiger partial charge is 0.0867 e. The van der Waals surface area contributed by atoms with E-state index in [2.05, 4.69) is 32.1 Å². The van der Waals surface area contributed by atoms with Crippen molar-refractivity contribution in [1.29, 1.82) is 0 Å². The Labute approximate surface area is 104 Å². The SMILES string of the molecule is CCC.NC1(N)C=CC(c2ccccc2)=CC1. The molecule has 2 heteroatoms. The second-order valence-electron chi connectivity index (χ2n) is 4.38. The van der Waals surface area contributed by atoms with Gasteiger partial charge in [0.25, 0.3) is 0 Å². The summed E-state index contributed by atoms with van der Waals surface area (Å²) >= 11 is 0. The van der Waals surface area contributed by atoms with E-state index in [1.54, 1.807) is 0 Å². The summed E-state index contributed by atoms with van der Waals surface area (Å²) in [6.45, 7) is 4.25. The Morgan fingerprint density at radius 1 is 1.12 bits per heavy atom. The van der Waals surface area contributed by atoms with Gasteiger partial charge in [-0.2, -0.15) is 0 Å². The van der Waals surface area contributed by atoms with Crippen LogP contribution in [0.25, 0.3) is 5.57 Å². The summed E-state index contributed by atoms with van der Waals surface area (Å²) in [7, 11) is 0. The van der Waals surface area contributed by atoms with Crippen LogP contribution in [0.5, 0.6) is 0 Å². The number of hydrogen-bond acceptors (Lipinski definition) is 2. The molecule has 0 atom stereocenters. The van der Waals surface area contributed by atoms with E-state index in [9.17, 15) is 0 Å². The minimum absolute atomic E-state index is 0.668. The van der Waals surface area contributed by atoms with Crippen LogP contribution in [0.15, 0.2) is 48.6 Å². The maximum atomic E-state index is 5.76. The molecule has 0 fully saturated rings. The lowest BCUT2D eigenvalue weighted by Crippen LogP contribution is -2.47. The summed E-state index contributed by atoms with van der Waals surface area (Å²) in [6, 6.07) is 10.2. The number of nitrogens with two attached hydrogens (primary N) is 2. The van der Waals surface area contributed by atoms with E-state index in [1.165, 1.54) is 17.6 Å². The Hall–Kier alpha value is -1.38. The second-order valence-corrected chi connectivity index (χ2v) is 4.38. The molecule has 0 aromatic heterocycles. The fourth-order valence-electron chi connectivity index (χ4n) is 1.51. The highest BCUT2D eigenvalue weighted by atomic mass is 14.9. The highest BCUT2D eigenvalue weighted by Gasteiger charge is 2.16. The molecule has 1 aliphatic carbocycles. The van der Waals surface area contributed by atoms with E-state index in [4.69, 9.17) is 11.5 Å². The molecule has 1 aromatic carbocycles. The van der Waals surface area contributed by atoms with E-state index >= 15 is 0 Å². The Balaban J connectivity index is 0.000000437. The molecule has 0 heterocycles. The lowest BCUT2D eigenvalue weighted by atomic mass is 9.94. The van der Waals surface area contributed by atoms with Crippen molar-refractivity contribution in [1.82, 2.24) is 0 Å². The summed E-state index contributed by atoms with van der Waals surface area (Å²) in [5, 5.41) is 0. The predicted molar refractivity (Wildman–Crippen MR) is 75.2 cm³/mol. The predicted octanol–water partition coefficient (Wildman–Crippen LogP) is 3.06. The monoisotopic (exact) mass is 230 g/mol. The van der Waals surface area contributed by atoms with Crippen molar-refractivity contribution in [2.45, 2.75) is 32.4 Å². The van der Waals surface area contributed by atoms with Crippen LogP contribution in [0.1, 0.15) is 32.3 Å². The summed E-state index contributed by atoms with van der Waals surface area (Å²) in [5.41, 5.74) is 13.3. The van der Waals surface area contributed by atoms with Gasteiger partial charge in [0.2, 0.25) is 0 Å². The molecule has 92 valence electrons. The molecule has 4 N–H and O–H groups in total. The highest BCUT2D eigenvalue weighted by molar-refractivity contribution is 5.75. The van der Waals surface area contributed by atoms with E-state index in [0.29, 0.717) is 6.42 Å². The standard InChI is InChI=1S/C12H14N2.C3H8/c13-12(14)8-6-11(7-9-12)10-4-2-1-3-5-10;1-3-2/h1-8H,9,13-14H2;3H2,1-2H3. The first kappa shape index (κ1) is 13.7. The van der Waals surface area contributed by atoms with Crippen LogP contribution < -0.4 is 11.5 Å². The van der Waals surface area contributed by atoms with Gasteiger partial charge in [0, 0.05) is 6.42 Å². The Morgan fingerprint density at radius 3 is 2.18 bits per heavy atom. The second kappa shape index (κ2) is 6.38. The number of benzene rings is 1. The number of hydrogen-bond donors (Lipinski definition) is 2. The van der Waals surface area contributed by atoms with E-state index in [0.717, 1.165) is 0 Å². The third-order valence-electron chi connectivity index (χ3n) is 2.36. The Morgan fingerprint density at radius 2 is 1.71 bits per heavy atom. The van der Waals surface area contributed by atoms with Gasteiger partial charge in [-0.05, 0) is 17.2 Å². The topological polar surface area (TPSA) is 52.0 Å². The van der Waals surface area contributed by atoms with Crippen molar-refractivity contribution < 1.29 is 0 Å². The molecule has 0 radical (unpaired) electrons. The molecule has 2 rings (SSSR count). The highest BCUT2D eigenvalue weighted by Crippen LogP contribution is 2.22. The van der Waals surface area contributed by atoms with Gasteiger partial charge in [-0.3, -0.25) is 0 Å². The molecule has 0 amide bonds. The zero-order chi connectivity index (χ0) is 12.7. The molecular formula is C15H22N2. The van der Waals surface area contributed by atoms with E-state index < -0.39 is 5.66 Å². The molecule has 0 saturated heterocycles. The maximum absolute atomic E-state index is 5.76. The van der Waals surface area contributed by atoms with Crippen molar-refractivity contribution in [2.24, 2.45) is 11.5 Å². The van der Waals surface area contributed by atoms with Gasteiger partial charge in [-0.1, -0.05) is 62.8 Å². The quantitative estimate of drug-likeness (QED) is 0.728. The molecule has 1 aliphatic rings. The molecule has 0 saturated carbocycles. The van der Waals surface area contributed by atoms with Crippen LogP contribution >= 0.6 is 0 Å². The van der Waals surface area contributed by atoms with Crippen molar-refractivity contribution in [3.63, 3.8) is 0 Å². The van der Waals surface area contributed by atoms with Gasteiger partial charge in [0.1, 0.15) is 0 Å². The third kappa shape index (κ3) is 4.55. The maximum Gasteiger partial charge on any atom is 0.0867 e. The van der Waals surface area contributed by atoms with Crippen LogP contribution in [-0.2, 0) is 0 Å². The Bertz CT molecular complexity index is 389. The van der Waals surface area contributed by atoms with Gasteiger partial charge in [0.15, 0.2) is 0 Å². The average Bonchev–Trinajstić information content (AvgIpc) is 2.31. The minimum Gasteiger partial charge on any atom is -0.310 e. The van der Waals surface area contributed by atoms with Gasteiger partial charge in [0.05, 0.1) is 5.66 Å². The largest absolute Gasteiger partial charge is 0.310 e. The minimum atomic E-state index is -0.668. The molecule has 0 unspecified atom stereocenters. The molecule has 2 nitrogen and oxygen atoms in total. The van der Waals surface area contributed by atoms with E-state index in [-0.39, 0.29) is 0 Å². The summed E-state index contributed by atoms with van der Waals surface area (Å²) in [5.74, 6) is 0. The summed E-state index contributed by atoms with van der Waals surface area (Å²) in [4.78, 5) is 0. The van der Waals surface area contributed by atoms with Crippen molar-refractivity contribution in [2.75, 3.05) is 0 Å². The fraction of sp³-hybridized carbons (Fsp3) is 0.333. The lowest BCUT2D eigenvalue weighted by molar-refractivity contribution is 0.559. The van der Waals surface area contributed by atoms with Crippen molar-refractivity contribution in [3.05, 3.63) is 54.1 Å². The molecule has 1 aromatic rings. The summed E-state index contributed by atoms with van der Waals surface area (Å²) in [6.07, 6.45) is 7.86. The van der Waals surface area contributed by atoms with Gasteiger partial charge < -0.3 is 11.5 Å². The lowest BCUT2D eigenvalue weighted by Gasteiger charge is -2.22. The molecule has 17 heavy (non-hydrogen) atoms. The van der Waals surface area contributed by atoms with Crippen molar-refractivity contribution >= 4 is 5.57 Å². The number of allylic oxidation sites excluding steroid dienone is 2. The zero-order valence-electron chi connectivity index (χ0n) is 10.7. The average molecular weight is 230 g/mol. The van der Waals surface area contributed by atoms with Crippen LogP contribution in [0.3, 0.4) is 0 Å². The first-order valence-electron chi connectivity index (χ1n) is 6.11. The molecular weight excluding hydrogens is 208 g/mol. The Kier molecular flexibility index (Phi) is 5.13. The van der Waals surface area contributed by atoms with Gasteiger partial charge >= 0.3 is 0 Å². The first-order chi connectivity index (χ1) is 8.09. The number of rotatable bonds is 1. The van der Waals surface area contributed by atoms with E-state index in [1.807, 2.05) is 30.4 Å². The van der Waals surface area contributed by atoms with Crippen LogP contribution in [-0.4, -0.2) is 5.66 Å². The normalized spacial score (nSPS) is 16.8. The molecule has 0 bridgehead atoms. The fourth-order valence-corrected chi connectivity index (χ4v) is 1.51. The van der Waals surface area contributed by atoms with Crippen molar-refractivity contribution in [3.8, 4) is 0 Å². The third-order valence-corrected chi connectivity index (χ3v) is 2.36.